The molecule has 0 saturated carbocycles. The van der Waals surface area contributed by atoms with Crippen LogP contribution in [0.2, 0.25) is 0 Å². The van der Waals surface area contributed by atoms with Gasteiger partial charge in [-0.3, -0.25) is 4.79 Å². The van der Waals surface area contributed by atoms with E-state index in [2.05, 4.69) is 5.32 Å². The summed E-state index contributed by atoms with van der Waals surface area (Å²) < 4.78 is 42.1. The van der Waals surface area contributed by atoms with Crippen molar-refractivity contribution in [2.75, 3.05) is 18.2 Å². The van der Waals surface area contributed by atoms with E-state index in [0.717, 1.165) is 22.6 Å². The third-order valence-corrected chi connectivity index (χ3v) is 6.96. The molecule has 0 bridgehead atoms. The second-order valence-electron chi connectivity index (χ2n) is 5.90. The van der Waals surface area contributed by atoms with Crippen molar-refractivity contribution in [3.05, 3.63) is 46.1 Å². The lowest BCUT2D eigenvalue weighted by atomic mass is 10.1. The van der Waals surface area contributed by atoms with Gasteiger partial charge < -0.3 is 10.1 Å². The smallest absolute Gasteiger partial charge is 0.341 e. The van der Waals surface area contributed by atoms with E-state index in [1.807, 2.05) is 6.92 Å². The van der Waals surface area contributed by atoms with E-state index in [0.29, 0.717) is 10.6 Å². The first-order valence-electron chi connectivity index (χ1n) is 8.12. The molecule has 1 amide bonds. The molecular weight excluding hydrogens is 393 g/mol. The van der Waals surface area contributed by atoms with Crippen molar-refractivity contribution >= 4 is 38.1 Å². The van der Waals surface area contributed by atoms with Gasteiger partial charge in [0.2, 0.25) is 5.91 Å². The fraction of sp³-hybridized carbons (Fsp3) is 0.333. The number of esters is 1. The van der Waals surface area contributed by atoms with E-state index in [4.69, 9.17) is 4.74 Å². The summed E-state index contributed by atoms with van der Waals surface area (Å²) in [5, 5.41) is 3.05. The van der Waals surface area contributed by atoms with Crippen molar-refractivity contribution in [2.45, 2.75) is 31.6 Å². The first kappa shape index (κ1) is 21.0. The van der Waals surface area contributed by atoms with Crippen LogP contribution in [-0.4, -0.2) is 33.2 Å². The Hall–Kier alpha value is -2.26. The molecule has 0 unspecified atom stereocenters. The number of methoxy groups -OCH3 is 1. The topological polar surface area (TPSA) is 89.5 Å². The molecule has 27 heavy (non-hydrogen) atoms. The molecule has 1 N–H and O–H groups in total. The molecule has 0 spiro atoms. The lowest BCUT2D eigenvalue weighted by molar-refractivity contribution is -0.116. The second kappa shape index (κ2) is 8.62. The van der Waals surface area contributed by atoms with E-state index in [1.165, 1.54) is 30.6 Å². The summed E-state index contributed by atoms with van der Waals surface area (Å²) in [5.41, 5.74) is 1.05. The van der Waals surface area contributed by atoms with Crippen LogP contribution in [0.3, 0.4) is 0 Å². The summed E-state index contributed by atoms with van der Waals surface area (Å²) in [6, 6.07) is 4.56. The maximum atomic E-state index is 12.9. The number of aryl methyl sites for hydroxylation is 1. The number of ether oxygens (including phenoxy) is 1. The van der Waals surface area contributed by atoms with Gasteiger partial charge in [0.05, 0.1) is 23.3 Å². The van der Waals surface area contributed by atoms with Gasteiger partial charge in [0.25, 0.3) is 0 Å². The molecule has 146 valence electrons. The Bertz CT molecular complexity index is 949. The molecule has 0 saturated heterocycles. The number of thiophene rings is 1. The van der Waals surface area contributed by atoms with Crippen molar-refractivity contribution in [3.63, 3.8) is 0 Å². The van der Waals surface area contributed by atoms with Crippen molar-refractivity contribution < 1.29 is 27.1 Å². The number of hydrogen-bond acceptors (Lipinski definition) is 6. The third-order valence-electron chi connectivity index (χ3n) is 4.02. The lowest BCUT2D eigenvalue weighted by Crippen LogP contribution is -2.16. The zero-order valence-corrected chi connectivity index (χ0v) is 16.8. The van der Waals surface area contributed by atoms with Gasteiger partial charge in [-0.2, -0.15) is 0 Å². The Morgan fingerprint density at radius 1 is 1.19 bits per heavy atom. The number of anilines is 1. The van der Waals surface area contributed by atoms with Gasteiger partial charge in [-0.25, -0.2) is 17.6 Å². The maximum absolute atomic E-state index is 12.9. The number of sulfone groups is 1. The molecular formula is C18H20FNO5S2. The minimum atomic E-state index is -3.59. The molecule has 0 aliphatic rings. The number of carbonyl (C=O) groups excluding carboxylic acids is 2. The molecule has 9 heteroatoms. The molecule has 0 radical (unpaired) electrons. The largest absolute Gasteiger partial charge is 0.465 e. The fourth-order valence-electron chi connectivity index (χ4n) is 2.43. The molecule has 0 aliphatic carbocycles. The number of nitrogens with one attached hydrogen (secondary N) is 1. The van der Waals surface area contributed by atoms with E-state index < -0.39 is 27.5 Å². The number of benzene rings is 1. The van der Waals surface area contributed by atoms with Crippen LogP contribution in [0, 0.1) is 19.7 Å². The fourth-order valence-corrected chi connectivity index (χ4v) is 4.81. The van der Waals surface area contributed by atoms with Gasteiger partial charge in [-0.05, 0) is 50.1 Å². The molecule has 6 nitrogen and oxygen atoms in total. The van der Waals surface area contributed by atoms with E-state index in [9.17, 15) is 22.4 Å². The third kappa shape index (κ3) is 5.14. The first-order valence-corrected chi connectivity index (χ1v) is 10.6. The van der Waals surface area contributed by atoms with Crippen molar-refractivity contribution in [1.29, 1.82) is 0 Å². The highest BCUT2D eigenvalue weighted by atomic mass is 32.2. The van der Waals surface area contributed by atoms with Crippen LogP contribution in [0.1, 0.15) is 33.6 Å². The van der Waals surface area contributed by atoms with Crippen LogP contribution in [0.25, 0.3) is 0 Å². The predicted molar refractivity (Wildman–Crippen MR) is 101 cm³/mol. The molecule has 0 fully saturated rings. The Balaban J connectivity index is 1.98. The lowest BCUT2D eigenvalue weighted by Gasteiger charge is -2.07. The van der Waals surface area contributed by atoms with E-state index >= 15 is 0 Å². The van der Waals surface area contributed by atoms with Gasteiger partial charge >= 0.3 is 5.97 Å². The van der Waals surface area contributed by atoms with E-state index in [-0.39, 0.29) is 23.5 Å². The highest BCUT2D eigenvalue weighted by Gasteiger charge is 2.22. The number of hydrogen-bond donors (Lipinski definition) is 1. The quantitative estimate of drug-likeness (QED) is 0.554. The molecule has 0 aliphatic heterocycles. The molecule has 1 heterocycles. The summed E-state index contributed by atoms with van der Waals surface area (Å²) >= 11 is 1.26. The Kier molecular flexibility index (Phi) is 6.72. The van der Waals surface area contributed by atoms with Gasteiger partial charge in [0.15, 0.2) is 9.84 Å². The minimum Gasteiger partial charge on any atom is -0.465 e. The molecule has 2 rings (SSSR count). The zero-order chi connectivity index (χ0) is 20.2. The van der Waals surface area contributed by atoms with Gasteiger partial charge in [0, 0.05) is 11.3 Å². The Labute approximate surface area is 161 Å². The highest BCUT2D eigenvalue weighted by Crippen LogP contribution is 2.33. The normalized spacial score (nSPS) is 11.3. The zero-order valence-electron chi connectivity index (χ0n) is 15.2. The van der Waals surface area contributed by atoms with Crippen LogP contribution < -0.4 is 5.32 Å². The summed E-state index contributed by atoms with van der Waals surface area (Å²) in [7, 11) is -2.33. The minimum absolute atomic E-state index is 0.0155. The van der Waals surface area contributed by atoms with Crippen molar-refractivity contribution in [3.8, 4) is 0 Å². The number of halogens is 1. The number of carbonyl (C=O) groups is 2. The van der Waals surface area contributed by atoms with Crippen molar-refractivity contribution in [1.82, 2.24) is 0 Å². The standard InChI is InChI=1S/C18H20FNO5S2/c1-11-12(2)26-17(16(11)18(22)25-3)20-15(21)5-4-10-27(23,24)14-8-6-13(19)7-9-14/h6-9H,4-5,10H2,1-3H3,(H,20,21). The average Bonchev–Trinajstić information content (AvgIpc) is 2.88. The SMILES string of the molecule is COC(=O)c1c(NC(=O)CCCS(=O)(=O)c2ccc(F)cc2)sc(C)c1C. The monoisotopic (exact) mass is 413 g/mol. The molecule has 1 aromatic carbocycles. The Morgan fingerprint density at radius 3 is 2.41 bits per heavy atom. The van der Waals surface area contributed by atoms with Crippen LogP contribution in [0.5, 0.6) is 0 Å². The molecule has 0 atom stereocenters. The summed E-state index contributed by atoms with van der Waals surface area (Å²) in [6.07, 6.45) is 0.0689. The van der Waals surface area contributed by atoms with Gasteiger partial charge in [0.1, 0.15) is 10.8 Å². The van der Waals surface area contributed by atoms with Crippen LogP contribution in [0.15, 0.2) is 29.2 Å². The predicted octanol–water partition coefficient (Wildman–Crippen LogP) is 3.48. The Morgan fingerprint density at radius 2 is 1.81 bits per heavy atom. The van der Waals surface area contributed by atoms with Crippen LogP contribution >= 0.6 is 11.3 Å². The van der Waals surface area contributed by atoms with Crippen molar-refractivity contribution in [2.24, 2.45) is 0 Å². The average molecular weight is 413 g/mol. The second-order valence-corrected chi connectivity index (χ2v) is 9.24. The first-order chi connectivity index (χ1) is 12.7. The molecule has 2 aromatic rings. The number of rotatable bonds is 7. The summed E-state index contributed by atoms with van der Waals surface area (Å²) in [5.74, 6) is -1.68. The molecule has 1 aromatic heterocycles. The summed E-state index contributed by atoms with van der Waals surface area (Å²) in [6.45, 7) is 3.60. The number of amides is 1. The van der Waals surface area contributed by atoms with Crippen LogP contribution in [0.4, 0.5) is 9.39 Å². The maximum Gasteiger partial charge on any atom is 0.341 e. The van der Waals surface area contributed by atoms with E-state index in [1.54, 1.807) is 6.92 Å². The summed E-state index contributed by atoms with van der Waals surface area (Å²) in [4.78, 5) is 25.0. The van der Waals surface area contributed by atoms with Crippen LogP contribution in [-0.2, 0) is 19.4 Å². The van der Waals surface area contributed by atoms with Gasteiger partial charge in [-0.1, -0.05) is 0 Å². The highest BCUT2D eigenvalue weighted by molar-refractivity contribution is 7.91. The van der Waals surface area contributed by atoms with Gasteiger partial charge in [-0.15, -0.1) is 11.3 Å².